The monoisotopic (exact) mass is 296 g/mol. The van der Waals surface area contributed by atoms with Crippen molar-refractivity contribution >= 4 is 10.0 Å². The summed E-state index contributed by atoms with van der Waals surface area (Å²) >= 11 is 0. The second kappa shape index (κ2) is 5.33. The normalized spacial score (nSPS) is 24.6. The molecule has 0 spiro atoms. The Kier molecular flexibility index (Phi) is 3.69. The highest BCUT2D eigenvalue weighted by Crippen LogP contribution is 2.39. The van der Waals surface area contributed by atoms with E-state index < -0.39 is 10.0 Å². The Morgan fingerprint density at radius 2 is 2.05 bits per heavy atom. The van der Waals surface area contributed by atoms with E-state index in [9.17, 15) is 8.42 Å². The molecule has 2 aliphatic rings. The van der Waals surface area contributed by atoms with Gasteiger partial charge < -0.3 is 4.74 Å². The van der Waals surface area contributed by atoms with E-state index in [4.69, 9.17) is 4.74 Å². The number of nitrogens with zero attached hydrogens (tertiary/aromatic N) is 2. The maximum absolute atomic E-state index is 12.5. The number of pyridine rings is 1. The molecule has 1 aliphatic carbocycles. The Labute approximate surface area is 120 Å². The van der Waals surface area contributed by atoms with Crippen molar-refractivity contribution in [2.75, 3.05) is 20.2 Å². The molecule has 6 heteroatoms. The van der Waals surface area contributed by atoms with Crippen molar-refractivity contribution in [3.63, 3.8) is 0 Å². The lowest BCUT2D eigenvalue weighted by atomic mass is 9.75. The number of methoxy groups -OCH3 is 1. The Balaban J connectivity index is 1.74. The minimum atomic E-state index is -3.45. The molecule has 1 unspecified atom stereocenters. The van der Waals surface area contributed by atoms with Crippen LogP contribution in [0.3, 0.4) is 0 Å². The van der Waals surface area contributed by atoms with Crippen molar-refractivity contribution in [2.24, 2.45) is 11.8 Å². The summed E-state index contributed by atoms with van der Waals surface area (Å²) in [7, 11) is -1.91. The van der Waals surface area contributed by atoms with E-state index in [1.165, 1.54) is 38.6 Å². The molecule has 3 rings (SSSR count). The van der Waals surface area contributed by atoms with Crippen LogP contribution >= 0.6 is 0 Å². The smallest absolute Gasteiger partial charge is 0.260 e. The van der Waals surface area contributed by atoms with Crippen LogP contribution in [0.1, 0.15) is 25.7 Å². The molecule has 20 heavy (non-hydrogen) atoms. The first-order valence-electron chi connectivity index (χ1n) is 7.11. The third kappa shape index (κ3) is 2.42. The SMILES string of the molecule is COc1ccc(S(=O)(=O)N2CCC(C3CCC3)C2)nc1. The highest BCUT2D eigenvalue weighted by Gasteiger charge is 2.38. The van der Waals surface area contributed by atoms with Gasteiger partial charge in [-0.1, -0.05) is 19.3 Å². The van der Waals surface area contributed by atoms with E-state index in [1.807, 2.05) is 0 Å². The minimum absolute atomic E-state index is 0.118. The third-order valence-corrected chi connectivity index (χ3v) is 6.33. The average molecular weight is 296 g/mol. The van der Waals surface area contributed by atoms with E-state index in [1.54, 1.807) is 10.4 Å². The molecule has 0 radical (unpaired) electrons. The number of hydrogen-bond donors (Lipinski definition) is 0. The predicted octanol–water partition coefficient (Wildman–Crippen LogP) is 1.90. The van der Waals surface area contributed by atoms with Crippen molar-refractivity contribution in [2.45, 2.75) is 30.7 Å². The summed E-state index contributed by atoms with van der Waals surface area (Å²) in [6.45, 7) is 1.28. The molecule has 2 fully saturated rings. The van der Waals surface area contributed by atoms with Gasteiger partial charge in [0, 0.05) is 13.1 Å². The second-order valence-electron chi connectivity index (χ2n) is 5.64. The standard InChI is InChI=1S/C14H20N2O3S/c1-19-13-5-6-14(15-9-13)20(17,18)16-8-7-12(10-16)11-3-2-4-11/h5-6,9,11-12H,2-4,7-8,10H2,1H3. The summed E-state index contributed by atoms with van der Waals surface area (Å²) in [4.78, 5) is 4.02. The molecular weight excluding hydrogens is 276 g/mol. The van der Waals surface area contributed by atoms with E-state index >= 15 is 0 Å². The molecule has 1 saturated carbocycles. The van der Waals surface area contributed by atoms with E-state index in [-0.39, 0.29) is 5.03 Å². The molecule has 1 atom stereocenters. The predicted molar refractivity (Wildman–Crippen MR) is 75.0 cm³/mol. The van der Waals surface area contributed by atoms with Crippen LogP contribution in [0, 0.1) is 11.8 Å². The topological polar surface area (TPSA) is 59.5 Å². The van der Waals surface area contributed by atoms with Gasteiger partial charge in [-0.25, -0.2) is 13.4 Å². The van der Waals surface area contributed by atoms with E-state index in [0.29, 0.717) is 24.8 Å². The molecule has 1 saturated heterocycles. The Bertz CT molecular complexity index is 567. The number of aromatic nitrogens is 1. The Hall–Kier alpha value is -1.14. The number of ether oxygens (including phenoxy) is 1. The molecule has 2 heterocycles. The van der Waals surface area contributed by atoms with Crippen molar-refractivity contribution in [3.05, 3.63) is 18.3 Å². The fourth-order valence-corrected chi connectivity index (χ4v) is 4.46. The van der Waals surface area contributed by atoms with Crippen molar-refractivity contribution < 1.29 is 13.2 Å². The first kappa shape index (κ1) is 13.8. The first-order chi connectivity index (χ1) is 9.61. The molecular formula is C14H20N2O3S. The maximum atomic E-state index is 12.5. The summed E-state index contributed by atoms with van der Waals surface area (Å²) in [5.41, 5.74) is 0. The fourth-order valence-electron chi connectivity index (χ4n) is 3.04. The first-order valence-corrected chi connectivity index (χ1v) is 8.55. The molecule has 0 amide bonds. The van der Waals surface area contributed by atoms with Gasteiger partial charge in [0.2, 0.25) is 0 Å². The van der Waals surface area contributed by atoms with Crippen LogP contribution in [0.5, 0.6) is 5.75 Å². The van der Waals surface area contributed by atoms with Gasteiger partial charge in [-0.3, -0.25) is 0 Å². The van der Waals surface area contributed by atoms with Crippen LogP contribution in [-0.4, -0.2) is 37.9 Å². The molecule has 1 aromatic rings. The second-order valence-corrected chi connectivity index (χ2v) is 7.52. The third-order valence-electron chi connectivity index (χ3n) is 4.55. The van der Waals surface area contributed by atoms with Crippen molar-refractivity contribution in [1.82, 2.24) is 9.29 Å². The van der Waals surface area contributed by atoms with Gasteiger partial charge in [0.25, 0.3) is 10.0 Å². The largest absolute Gasteiger partial charge is 0.495 e. The van der Waals surface area contributed by atoms with Gasteiger partial charge in [0.05, 0.1) is 13.3 Å². The molecule has 0 aromatic carbocycles. The van der Waals surface area contributed by atoms with Crippen LogP contribution in [0.25, 0.3) is 0 Å². The average Bonchev–Trinajstić information content (AvgIpc) is 2.87. The van der Waals surface area contributed by atoms with Crippen molar-refractivity contribution in [1.29, 1.82) is 0 Å². The highest BCUT2D eigenvalue weighted by atomic mass is 32.2. The quantitative estimate of drug-likeness (QED) is 0.851. The van der Waals surface area contributed by atoms with Gasteiger partial charge in [-0.15, -0.1) is 0 Å². The fraction of sp³-hybridized carbons (Fsp3) is 0.643. The molecule has 1 aromatic heterocycles. The zero-order valence-electron chi connectivity index (χ0n) is 11.7. The van der Waals surface area contributed by atoms with E-state index in [2.05, 4.69) is 4.98 Å². The van der Waals surface area contributed by atoms with Gasteiger partial charge in [-0.2, -0.15) is 4.31 Å². The van der Waals surface area contributed by atoms with Crippen LogP contribution in [0.2, 0.25) is 0 Å². The highest BCUT2D eigenvalue weighted by molar-refractivity contribution is 7.89. The molecule has 0 N–H and O–H groups in total. The molecule has 1 aliphatic heterocycles. The minimum Gasteiger partial charge on any atom is -0.495 e. The summed E-state index contributed by atoms with van der Waals surface area (Å²) in [5, 5.41) is 0.118. The maximum Gasteiger partial charge on any atom is 0.260 e. The van der Waals surface area contributed by atoms with Gasteiger partial charge in [-0.05, 0) is 30.4 Å². The molecule has 110 valence electrons. The lowest BCUT2D eigenvalue weighted by Gasteiger charge is -2.31. The van der Waals surface area contributed by atoms with Gasteiger partial charge >= 0.3 is 0 Å². The molecule has 5 nitrogen and oxygen atoms in total. The number of rotatable bonds is 4. The Morgan fingerprint density at radius 3 is 2.60 bits per heavy atom. The Morgan fingerprint density at radius 1 is 1.25 bits per heavy atom. The lowest BCUT2D eigenvalue weighted by molar-refractivity contribution is 0.214. The summed E-state index contributed by atoms with van der Waals surface area (Å²) < 4.78 is 31.7. The van der Waals surface area contributed by atoms with Gasteiger partial charge in [0.15, 0.2) is 5.03 Å². The van der Waals surface area contributed by atoms with E-state index in [0.717, 1.165) is 12.3 Å². The zero-order chi connectivity index (χ0) is 14.2. The van der Waals surface area contributed by atoms with Crippen molar-refractivity contribution in [3.8, 4) is 5.75 Å². The summed E-state index contributed by atoms with van der Waals surface area (Å²) in [6.07, 6.45) is 6.26. The van der Waals surface area contributed by atoms with Crippen LogP contribution < -0.4 is 4.74 Å². The molecule has 0 bridgehead atoms. The number of sulfonamides is 1. The van der Waals surface area contributed by atoms with Crippen LogP contribution in [-0.2, 0) is 10.0 Å². The lowest BCUT2D eigenvalue weighted by Crippen LogP contribution is -2.31. The zero-order valence-corrected chi connectivity index (χ0v) is 12.5. The van der Waals surface area contributed by atoms with Gasteiger partial charge in [0.1, 0.15) is 5.75 Å². The number of hydrogen-bond acceptors (Lipinski definition) is 4. The summed E-state index contributed by atoms with van der Waals surface area (Å²) in [5.74, 6) is 1.84. The summed E-state index contributed by atoms with van der Waals surface area (Å²) in [6, 6.07) is 3.16. The van der Waals surface area contributed by atoms with Crippen LogP contribution in [0.15, 0.2) is 23.4 Å². The van der Waals surface area contributed by atoms with Crippen LogP contribution in [0.4, 0.5) is 0 Å².